The second-order valence-corrected chi connectivity index (χ2v) is 4.40. The van der Waals surface area contributed by atoms with Crippen LogP contribution in [0.3, 0.4) is 0 Å². The molecule has 0 atom stereocenters. The fourth-order valence-electron chi connectivity index (χ4n) is 1.57. The van der Waals surface area contributed by atoms with E-state index in [2.05, 4.69) is 0 Å². The molecule has 2 aromatic rings. The molecule has 1 aromatic heterocycles. The highest BCUT2D eigenvalue weighted by Crippen LogP contribution is 2.31. The number of rotatable bonds is 2. The van der Waals surface area contributed by atoms with Gasteiger partial charge in [0.25, 0.3) is 0 Å². The summed E-state index contributed by atoms with van der Waals surface area (Å²) in [5.41, 5.74) is 1.60. The van der Waals surface area contributed by atoms with Gasteiger partial charge in [0.2, 0.25) is 0 Å². The van der Waals surface area contributed by atoms with Gasteiger partial charge in [0.05, 0.1) is 6.61 Å². The van der Waals surface area contributed by atoms with Gasteiger partial charge in [-0.25, -0.2) is 4.79 Å². The highest BCUT2D eigenvalue weighted by atomic mass is 32.1. The van der Waals surface area contributed by atoms with Gasteiger partial charge in [-0.2, -0.15) is 0 Å². The Morgan fingerprint density at radius 2 is 2.20 bits per heavy atom. The molecule has 0 spiro atoms. The Bertz CT molecular complexity index is 528. The van der Waals surface area contributed by atoms with Gasteiger partial charge in [0.15, 0.2) is 0 Å². The summed E-state index contributed by atoms with van der Waals surface area (Å²) < 4.78 is 0.913. The molecule has 0 fully saturated rings. The number of fused-ring (bicyclic) bond motifs is 1. The third-order valence-electron chi connectivity index (χ3n) is 2.38. The molecule has 0 radical (unpaired) electrons. The summed E-state index contributed by atoms with van der Waals surface area (Å²) in [6, 6.07) is 5.51. The second-order valence-electron chi connectivity index (χ2n) is 3.35. The van der Waals surface area contributed by atoms with Crippen molar-refractivity contribution < 1.29 is 15.0 Å². The maximum atomic E-state index is 10.9. The van der Waals surface area contributed by atoms with Crippen LogP contribution in [-0.2, 0) is 6.61 Å². The Morgan fingerprint density at radius 1 is 1.47 bits per heavy atom. The Labute approximate surface area is 90.6 Å². The van der Waals surface area contributed by atoms with E-state index in [1.165, 1.54) is 11.3 Å². The molecule has 0 amide bonds. The van der Waals surface area contributed by atoms with Gasteiger partial charge in [0.1, 0.15) is 4.88 Å². The molecule has 78 valence electrons. The monoisotopic (exact) mass is 222 g/mol. The van der Waals surface area contributed by atoms with Gasteiger partial charge in [-0.15, -0.1) is 11.3 Å². The lowest BCUT2D eigenvalue weighted by Gasteiger charge is -1.95. The van der Waals surface area contributed by atoms with E-state index in [0.717, 1.165) is 21.2 Å². The van der Waals surface area contributed by atoms with Crippen molar-refractivity contribution in [3.05, 3.63) is 34.2 Å². The number of hydrogen-bond donors (Lipinski definition) is 2. The average Bonchev–Trinajstić information content (AvgIpc) is 2.55. The van der Waals surface area contributed by atoms with Crippen LogP contribution in [0, 0.1) is 6.92 Å². The van der Waals surface area contributed by atoms with Crippen molar-refractivity contribution in [3.63, 3.8) is 0 Å². The van der Waals surface area contributed by atoms with E-state index in [-0.39, 0.29) is 6.61 Å². The minimum absolute atomic E-state index is 0.0186. The predicted molar refractivity (Wildman–Crippen MR) is 59.4 cm³/mol. The lowest BCUT2D eigenvalue weighted by atomic mass is 10.1. The SMILES string of the molecule is Cc1c(C(=O)O)sc2cc(CO)ccc12. The number of aryl methyl sites for hydroxylation is 1. The minimum Gasteiger partial charge on any atom is -0.477 e. The first-order valence-corrected chi connectivity index (χ1v) is 5.31. The molecule has 0 aliphatic carbocycles. The maximum absolute atomic E-state index is 10.9. The van der Waals surface area contributed by atoms with Crippen molar-refractivity contribution in [2.45, 2.75) is 13.5 Å². The molecule has 0 aliphatic rings. The molecule has 2 rings (SSSR count). The van der Waals surface area contributed by atoms with E-state index in [1.807, 2.05) is 18.2 Å². The molecule has 1 heterocycles. The van der Waals surface area contributed by atoms with E-state index in [1.54, 1.807) is 6.92 Å². The second kappa shape index (κ2) is 3.64. The van der Waals surface area contributed by atoms with Crippen LogP contribution in [0.5, 0.6) is 0 Å². The Balaban J connectivity index is 2.70. The van der Waals surface area contributed by atoms with E-state index in [4.69, 9.17) is 10.2 Å². The van der Waals surface area contributed by atoms with Crippen molar-refractivity contribution >= 4 is 27.4 Å². The Morgan fingerprint density at radius 3 is 2.80 bits per heavy atom. The largest absolute Gasteiger partial charge is 0.477 e. The molecule has 1 aromatic carbocycles. The number of benzene rings is 1. The van der Waals surface area contributed by atoms with E-state index in [9.17, 15) is 4.79 Å². The molecule has 2 N–H and O–H groups in total. The molecule has 0 saturated carbocycles. The van der Waals surface area contributed by atoms with Crippen molar-refractivity contribution in [1.82, 2.24) is 0 Å². The van der Waals surface area contributed by atoms with Crippen molar-refractivity contribution in [3.8, 4) is 0 Å². The molecule has 15 heavy (non-hydrogen) atoms. The highest BCUT2D eigenvalue weighted by molar-refractivity contribution is 7.21. The number of aliphatic hydroxyl groups excluding tert-OH is 1. The Hall–Kier alpha value is -1.39. The summed E-state index contributed by atoms with van der Waals surface area (Å²) in [5, 5.41) is 18.9. The zero-order chi connectivity index (χ0) is 11.0. The minimum atomic E-state index is -0.890. The lowest BCUT2D eigenvalue weighted by Crippen LogP contribution is -1.93. The van der Waals surface area contributed by atoms with Gasteiger partial charge < -0.3 is 10.2 Å². The van der Waals surface area contributed by atoms with Crippen LogP contribution in [0.2, 0.25) is 0 Å². The third kappa shape index (κ3) is 1.62. The van der Waals surface area contributed by atoms with Crippen molar-refractivity contribution in [2.75, 3.05) is 0 Å². The fraction of sp³-hybridized carbons (Fsp3) is 0.182. The summed E-state index contributed by atoms with van der Waals surface area (Å²) >= 11 is 1.25. The summed E-state index contributed by atoms with van der Waals surface area (Å²) in [5.74, 6) is -0.890. The van der Waals surface area contributed by atoms with Gasteiger partial charge in [0, 0.05) is 4.70 Å². The molecule has 4 heteroatoms. The normalized spacial score (nSPS) is 10.8. The number of aromatic carboxylic acids is 1. The van der Waals surface area contributed by atoms with Crippen molar-refractivity contribution in [1.29, 1.82) is 0 Å². The summed E-state index contributed by atoms with van der Waals surface area (Å²) in [4.78, 5) is 11.3. The first-order chi connectivity index (χ1) is 7.13. The van der Waals surface area contributed by atoms with Crippen LogP contribution >= 0.6 is 11.3 Å². The first-order valence-electron chi connectivity index (χ1n) is 4.49. The van der Waals surface area contributed by atoms with E-state index >= 15 is 0 Å². The zero-order valence-corrected chi connectivity index (χ0v) is 8.97. The van der Waals surface area contributed by atoms with Crippen LogP contribution in [0.1, 0.15) is 20.8 Å². The van der Waals surface area contributed by atoms with Crippen LogP contribution in [0.15, 0.2) is 18.2 Å². The van der Waals surface area contributed by atoms with Gasteiger partial charge >= 0.3 is 5.97 Å². The number of aliphatic hydroxyl groups is 1. The molecule has 0 aliphatic heterocycles. The number of thiophene rings is 1. The van der Waals surface area contributed by atoms with Crippen LogP contribution in [0.4, 0.5) is 0 Å². The predicted octanol–water partition coefficient (Wildman–Crippen LogP) is 2.40. The number of hydrogen-bond acceptors (Lipinski definition) is 3. The smallest absolute Gasteiger partial charge is 0.346 e. The molecular weight excluding hydrogens is 212 g/mol. The molecule has 0 saturated heterocycles. The summed E-state index contributed by atoms with van der Waals surface area (Å²) in [6.45, 7) is 1.79. The average molecular weight is 222 g/mol. The van der Waals surface area contributed by atoms with Gasteiger partial charge in [-0.3, -0.25) is 0 Å². The number of carboxylic acid groups (broad SMARTS) is 1. The summed E-state index contributed by atoms with van der Waals surface area (Å²) in [7, 11) is 0. The van der Waals surface area contributed by atoms with Crippen LogP contribution in [0.25, 0.3) is 10.1 Å². The van der Waals surface area contributed by atoms with Gasteiger partial charge in [-0.1, -0.05) is 12.1 Å². The van der Waals surface area contributed by atoms with Crippen molar-refractivity contribution in [2.24, 2.45) is 0 Å². The zero-order valence-electron chi connectivity index (χ0n) is 8.15. The first kappa shape index (κ1) is 10.1. The number of carbonyl (C=O) groups is 1. The molecular formula is C11H10O3S. The third-order valence-corrected chi connectivity index (χ3v) is 3.62. The fourth-order valence-corrected chi connectivity index (χ4v) is 2.68. The molecule has 0 bridgehead atoms. The van der Waals surface area contributed by atoms with Crippen LogP contribution in [-0.4, -0.2) is 16.2 Å². The topological polar surface area (TPSA) is 57.5 Å². The van der Waals surface area contributed by atoms with Gasteiger partial charge in [-0.05, 0) is 29.5 Å². The quantitative estimate of drug-likeness (QED) is 0.820. The lowest BCUT2D eigenvalue weighted by molar-refractivity contribution is 0.0701. The molecule has 3 nitrogen and oxygen atoms in total. The van der Waals surface area contributed by atoms with E-state index in [0.29, 0.717) is 4.88 Å². The standard InChI is InChI=1S/C11H10O3S/c1-6-8-3-2-7(5-12)4-9(8)15-10(6)11(13)14/h2-4,12H,5H2,1H3,(H,13,14). The summed E-state index contributed by atoms with van der Waals surface area (Å²) in [6.07, 6.45) is 0. The number of carboxylic acids is 1. The van der Waals surface area contributed by atoms with Crippen LogP contribution < -0.4 is 0 Å². The highest BCUT2D eigenvalue weighted by Gasteiger charge is 2.13. The maximum Gasteiger partial charge on any atom is 0.346 e. The Kier molecular flexibility index (Phi) is 2.46. The molecule has 0 unspecified atom stereocenters. The van der Waals surface area contributed by atoms with E-state index < -0.39 is 5.97 Å².